The molecule has 1 fully saturated rings. The van der Waals surface area contributed by atoms with Gasteiger partial charge in [-0.05, 0) is 66.8 Å². The number of hydrogen-bond donors (Lipinski definition) is 1. The first-order valence-corrected chi connectivity index (χ1v) is 10.6. The van der Waals surface area contributed by atoms with E-state index in [-0.39, 0.29) is 25.8 Å². The smallest absolute Gasteiger partial charge is 0.481 e. The van der Waals surface area contributed by atoms with E-state index in [0.29, 0.717) is 23.8 Å². The summed E-state index contributed by atoms with van der Waals surface area (Å²) in [6.07, 6.45) is -14.6. The van der Waals surface area contributed by atoms with Gasteiger partial charge < -0.3 is 9.84 Å². The van der Waals surface area contributed by atoms with Gasteiger partial charge >= 0.3 is 24.7 Å². The lowest BCUT2D eigenvalue weighted by atomic mass is 9.84. The highest BCUT2D eigenvalue weighted by Gasteiger charge is 2.39. The second-order valence-electron chi connectivity index (χ2n) is 8.46. The highest BCUT2D eigenvalue weighted by atomic mass is 19.4. The Labute approximate surface area is 199 Å². The van der Waals surface area contributed by atoms with Gasteiger partial charge in [-0.3, -0.25) is 9.69 Å². The average Bonchev–Trinajstić information content (AvgIpc) is 2.72. The van der Waals surface area contributed by atoms with E-state index in [2.05, 4.69) is 4.74 Å². The maximum absolute atomic E-state index is 13.6. The van der Waals surface area contributed by atoms with Gasteiger partial charge in [-0.15, -0.1) is 13.2 Å². The molecule has 3 rings (SSSR count). The van der Waals surface area contributed by atoms with Gasteiger partial charge in [0.05, 0.1) is 11.1 Å². The minimum atomic E-state index is -4.94. The maximum Gasteiger partial charge on any atom is 0.573 e. The molecule has 0 aliphatic carbocycles. The van der Waals surface area contributed by atoms with E-state index in [9.17, 15) is 44.3 Å². The predicted octanol–water partition coefficient (Wildman–Crippen LogP) is 7.05. The van der Waals surface area contributed by atoms with Crippen LogP contribution in [0.5, 0.6) is 5.75 Å². The molecule has 0 spiro atoms. The Kier molecular flexibility index (Phi) is 7.82. The van der Waals surface area contributed by atoms with Gasteiger partial charge in [0.2, 0.25) is 0 Å². The number of ether oxygens (including phenoxy) is 1. The lowest BCUT2D eigenvalue weighted by Crippen LogP contribution is -2.37. The van der Waals surface area contributed by atoms with Crippen LogP contribution in [-0.4, -0.2) is 28.9 Å². The quantitative estimate of drug-likeness (QED) is 0.408. The zero-order valence-corrected chi connectivity index (χ0v) is 18.3. The number of carboxylic acid groups (broad SMARTS) is 1. The van der Waals surface area contributed by atoms with Crippen LogP contribution >= 0.6 is 0 Å². The molecule has 0 bridgehead atoms. The number of rotatable bonds is 6. The Morgan fingerprint density at radius 3 is 2.11 bits per heavy atom. The zero-order chi connectivity index (χ0) is 26.9. The third-order valence-electron chi connectivity index (χ3n) is 5.90. The monoisotopic (exact) mass is 529 g/mol. The summed E-state index contributed by atoms with van der Waals surface area (Å²) in [7, 11) is 0. The summed E-state index contributed by atoms with van der Waals surface area (Å²) in [6, 6.07) is 4.94. The first kappa shape index (κ1) is 27.6. The van der Waals surface area contributed by atoms with Gasteiger partial charge in [0, 0.05) is 19.0 Å². The topological polar surface area (TPSA) is 49.8 Å². The maximum atomic E-state index is 13.6. The molecule has 4 nitrogen and oxygen atoms in total. The van der Waals surface area contributed by atoms with Crippen molar-refractivity contribution in [1.82, 2.24) is 4.90 Å². The molecule has 2 aromatic rings. The molecule has 1 aliphatic heterocycles. The Morgan fingerprint density at radius 1 is 0.944 bits per heavy atom. The van der Waals surface area contributed by atoms with Gasteiger partial charge in [0.1, 0.15) is 5.75 Å². The second-order valence-corrected chi connectivity index (χ2v) is 8.46. The van der Waals surface area contributed by atoms with Crippen molar-refractivity contribution in [2.45, 2.75) is 50.6 Å². The molecule has 198 valence electrons. The van der Waals surface area contributed by atoms with E-state index < -0.39 is 65.6 Å². The first-order chi connectivity index (χ1) is 16.5. The Bertz CT molecular complexity index is 1060. The third-order valence-corrected chi connectivity index (χ3v) is 5.90. The number of carbonyl (C=O) groups is 1. The molecular weight excluding hydrogens is 509 g/mol. The number of alkyl halides is 9. The summed E-state index contributed by atoms with van der Waals surface area (Å²) < 4.78 is 122. The molecule has 1 N–H and O–H groups in total. The van der Waals surface area contributed by atoms with Crippen LogP contribution in [0.4, 0.5) is 39.5 Å². The van der Waals surface area contributed by atoms with Crippen molar-refractivity contribution >= 4 is 5.97 Å². The third kappa shape index (κ3) is 7.28. The molecule has 13 heteroatoms. The van der Waals surface area contributed by atoms with Gasteiger partial charge in [-0.1, -0.05) is 12.1 Å². The molecule has 0 amide bonds. The molecular formula is C23H20F9NO3. The molecule has 2 aromatic carbocycles. The number of halogens is 9. The van der Waals surface area contributed by atoms with Crippen molar-refractivity contribution in [2.75, 3.05) is 6.54 Å². The average molecular weight is 529 g/mol. The van der Waals surface area contributed by atoms with Crippen LogP contribution in [0.15, 0.2) is 42.5 Å². The summed E-state index contributed by atoms with van der Waals surface area (Å²) in [4.78, 5) is 12.7. The van der Waals surface area contributed by atoms with Crippen LogP contribution in [0.2, 0.25) is 0 Å². The van der Waals surface area contributed by atoms with Crippen LogP contribution in [-0.2, 0) is 23.7 Å². The van der Waals surface area contributed by atoms with E-state index >= 15 is 0 Å². The van der Waals surface area contributed by atoms with Gasteiger partial charge in [0.15, 0.2) is 0 Å². The Morgan fingerprint density at radius 2 is 1.58 bits per heavy atom. The molecule has 2 atom stereocenters. The molecule has 1 saturated heterocycles. The molecule has 36 heavy (non-hydrogen) atoms. The first-order valence-electron chi connectivity index (χ1n) is 10.6. The van der Waals surface area contributed by atoms with Crippen molar-refractivity contribution < 1.29 is 54.2 Å². The van der Waals surface area contributed by atoms with Crippen molar-refractivity contribution in [3.05, 3.63) is 64.7 Å². The number of piperidine rings is 1. The molecule has 0 radical (unpaired) electrons. The van der Waals surface area contributed by atoms with Crippen molar-refractivity contribution in [2.24, 2.45) is 5.92 Å². The van der Waals surface area contributed by atoms with Crippen molar-refractivity contribution in [1.29, 1.82) is 0 Å². The van der Waals surface area contributed by atoms with E-state index in [1.807, 2.05) is 0 Å². The van der Waals surface area contributed by atoms with Gasteiger partial charge in [0.25, 0.3) is 0 Å². The normalized spacial score (nSPS) is 19.8. The van der Waals surface area contributed by atoms with E-state index in [1.54, 1.807) is 0 Å². The minimum Gasteiger partial charge on any atom is -0.481 e. The summed E-state index contributed by atoms with van der Waals surface area (Å²) in [5, 5.41) is 9.13. The number of nitrogens with zero attached hydrogens (tertiary/aromatic N) is 1. The Balaban J connectivity index is 1.96. The lowest BCUT2D eigenvalue weighted by molar-refractivity contribution is -0.274. The predicted molar refractivity (Wildman–Crippen MR) is 108 cm³/mol. The van der Waals surface area contributed by atoms with Crippen LogP contribution in [0.3, 0.4) is 0 Å². The standard InChI is InChI=1S/C23H20F9NO3/c24-21(25,26)16-3-6-18(22(27,28)29)15(11-16)12-33-8-7-13(10-20(34)35)9-19(33)14-1-4-17(5-2-14)36-23(30,31)32/h1-6,11,13,19H,7-10,12H2,(H,34,35). The van der Waals surface area contributed by atoms with Crippen molar-refractivity contribution in [3.8, 4) is 5.75 Å². The minimum absolute atomic E-state index is 0.0664. The largest absolute Gasteiger partial charge is 0.573 e. The molecule has 0 aromatic heterocycles. The summed E-state index contributed by atoms with van der Waals surface area (Å²) >= 11 is 0. The molecule has 2 unspecified atom stereocenters. The van der Waals surface area contributed by atoms with Gasteiger partial charge in [-0.2, -0.15) is 26.3 Å². The van der Waals surface area contributed by atoms with E-state index in [0.717, 1.165) is 12.1 Å². The SMILES string of the molecule is O=C(O)CC1CCN(Cc2cc(C(F)(F)F)ccc2C(F)(F)F)C(c2ccc(OC(F)(F)F)cc2)C1. The second kappa shape index (κ2) is 10.2. The number of likely N-dealkylation sites (tertiary alicyclic amines) is 1. The lowest BCUT2D eigenvalue weighted by Gasteiger charge is -2.40. The summed E-state index contributed by atoms with van der Waals surface area (Å²) in [5.74, 6) is -2.02. The highest BCUT2D eigenvalue weighted by molar-refractivity contribution is 5.67. The number of benzene rings is 2. The Hall–Kier alpha value is -2.96. The van der Waals surface area contributed by atoms with Crippen LogP contribution in [0, 0.1) is 5.92 Å². The van der Waals surface area contributed by atoms with Crippen LogP contribution < -0.4 is 4.74 Å². The summed E-state index contributed by atoms with van der Waals surface area (Å²) in [6.45, 7) is -0.471. The molecule has 0 saturated carbocycles. The van der Waals surface area contributed by atoms with E-state index in [1.165, 1.54) is 17.0 Å². The van der Waals surface area contributed by atoms with E-state index in [4.69, 9.17) is 5.11 Å². The van der Waals surface area contributed by atoms with Crippen molar-refractivity contribution in [3.63, 3.8) is 0 Å². The molecule has 1 heterocycles. The summed E-state index contributed by atoms with van der Waals surface area (Å²) in [5.41, 5.74) is -2.75. The zero-order valence-electron chi connectivity index (χ0n) is 18.3. The highest BCUT2D eigenvalue weighted by Crippen LogP contribution is 2.41. The van der Waals surface area contributed by atoms with Gasteiger partial charge in [-0.25, -0.2) is 0 Å². The number of aliphatic carboxylic acids is 1. The number of hydrogen-bond acceptors (Lipinski definition) is 3. The number of carboxylic acids is 1. The van der Waals surface area contributed by atoms with Crippen LogP contribution in [0.25, 0.3) is 0 Å². The fraction of sp³-hybridized carbons (Fsp3) is 0.435. The fourth-order valence-electron chi connectivity index (χ4n) is 4.34. The van der Waals surface area contributed by atoms with Crippen LogP contribution in [0.1, 0.15) is 47.6 Å². The fourth-order valence-corrected chi connectivity index (χ4v) is 4.34. The molecule has 1 aliphatic rings.